The molecule has 1 aromatic heterocycles. The third-order valence-electron chi connectivity index (χ3n) is 2.96. The van der Waals surface area contributed by atoms with Crippen molar-refractivity contribution in [1.82, 2.24) is 4.90 Å². The number of carbonyl (C=O) groups is 1. The summed E-state index contributed by atoms with van der Waals surface area (Å²) in [4.78, 5) is 15.2. The van der Waals surface area contributed by atoms with Gasteiger partial charge in [0.05, 0.1) is 16.6 Å². The Morgan fingerprint density at radius 2 is 2.09 bits per heavy atom. The quantitative estimate of drug-likeness (QED) is 0.687. The van der Waals surface area contributed by atoms with E-state index >= 15 is 0 Å². The summed E-state index contributed by atoms with van der Waals surface area (Å²) in [5.74, 6) is -1.26. The number of carbonyl (C=O) groups excluding carboxylic acids is 1. The number of amides is 1. The van der Waals surface area contributed by atoms with Crippen LogP contribution in [0.25, 0.3) is 0 Å². The van der Waals surface area contributed by atoms with Gasteiger partial charge < -0.3 is 4.90 Å². The Hall–Kier alpha value is -1.11. The fraction of sp³-hybridized carbons (Fsp3) is 0.267. The van der Waals surface area contributed by atoms with Crippen molar-refractivity contribution in [2.45, 2.75) is 18.4 Å². The summed E-state index contributed by atoms with van der Waals surface area (Å²) in [5, 5.41) is 0. The summed E-state index contributed by atoms with van der Waals surface area (Å²) in [7, 11) is 0. The molecule has 1 aromatic carbocycles. The van der Waals surface area contributed by atoms with E-state index in [1.807, 2.05) is 13.0 Å². The molecule has 0 aliphatic rings. The number of thiophene rings is 1. The topological polar surface area (TPSA) is 20.3 Å². The number of hydrogen-bond acceptors (Lipinski definition) is 3. The Morgan fingerprint density at radius 1 is 1.32 bits per heavy atom. The number of benzene rings is 1. The number of nitrogens with zero attached hydrogens (tertiary/aromatic N) is 1. The second kappa shape index (κ2) is 7.94. The van der Waals surface area contributed by atoms with Gasteiger partial charge in [0.2, 0.25) is 5.91 Å². The number of halogens is 3. The number of thioether (sulfide) groups is 1. The van der Waals surface area contributed by atoms with Crippen molar-refractivity contribution in [3.8, 4) is 0 Å². The van der Waals surface area contributed by atoms with Gasteiger partial charge in [0.1, 0.15) is 11.6 Å². The first kappa shape index (κ1) is 17.2. The summed E-state index contributed by atoms with van der Waals surface area (Å²) in [6.45, 7) is 2.93. The Bertz CT molecular complexity index is 663. The van der Waals surface area contributed by atoms with Crippen molar-refractivity contribution < 1.29 is 13.6 Å². The lowest BCUT2D eigenvalue weighted by Gasteiger charge is -2.20. The van der Waals surface area contributed by atoms with E-state index in [9.17, 15) is 13.6 Å². The van der Waals surface area contributed by atoms with Crippen molar-refractivity contribution in [3.05, 3.63) is 51.2 Å². The lowest BCUT2D eigenvalue weighted by atomic mass is 10.3. The fourth-order valence-electron chi connectivity index (χ4n) is 1.82. The maximum absolute atomic E-state index is 13.5. The highest BCUT2D eigenvalue weighted by atomic mass is 35.5. The average Bonchev–Trinajstić information content (AvgIpc) is 2.89. The largest absolute Gasteiger partial charge is 0.337 e. The van der Waals surface area contributed by atoms with Crippen LogP contribution in [0, 0.1) is 11.6 Å². The van der Waals surface area contributed by atoms with Gasteiger partial charge in [-0.05, 0) is 31.2 Å². The van der Waals surface area contributed by atoms with Gasteiger partial charge in [-0.3, -0.25) is 4.79 Å². The average molecular weight is 362 g/mol. The molecule has 2 aromatic rings. The molecule has 0 aliphatic heterocycles. The minimum atomic E-state index is -0.647. The van der Waals surface area contributed by atoms with Gasteiger partial charge in [0.15, 0.2) is 0 Å². The van der Waals surface area contributed by atoms with E-state index in [2.05, 4.69) is 0 Å². The molecule has 0 spiro atoms. The Labute approximate surface area is 141 Å². The second-order valence-corrected chi connectivity index (χ2v) is 7.29. The zero-order valence-electron chi connectivity index (χ0n) is 11.8. The summed E-state index contributed by atoms with van der Waals surface area (Å²) >= 11 is 8.37. The Balaban J connectivity index is 1.94. The summed E-state index contributed by atoms with van der Waals surface area (Å²) in [6.07, 6.45) is 0. The van der Waals surface area contributed by atoms with Crippen LogP contribution in [0.1, 0.15) is 11.8 Å². The van der Waals surface area contributed by atoms with Crippen LogP contribution >= 0.6 is 34.7 Å². The molecule has 0 unspecified atom stereocenters. The van der Waals surface area contributed by atoms with E-state index in [1.54, 1.807) is 11.0 Å². The van der Waals surface area contributed by atoms with Crippen LogP contribution in [0.15, 0.2) is 35.2 Å². The predicted octanol–water partition coefficient (Wildman–Crippen LogP) is 4.82. The molecule has 0 atom stereocenters. The summed E-state index contributed by atoms with van der Waals surface area (Å²) in [6, 6.07) is 7.02. The SMILES string of the molecule is CCN(Cc1ccc(Cl)s1)C(=O)CSc1ccc(F)cc1F. The molecule has 118 valence electrons. The van der Waals surface area contributed by atoms with Crippen molar-refractivity contribution in [2.75, 3.05) is 12.3 Å². The summed E-state index contributed by atoms with van der Waals surface area (Å²) < 4.78 is 27.1. The molecule has 7 heteroatoms. The molecule has 0 aliphatic carbocycles. The van der Waals surface area contributed by atoms with E-state index in [1.165, 1.54) is 23.5 Å². The lowest BCUT2D eigenvalue weighted by Crippen LogP contribution is -2.31. The zero-order valence-corrected chi connectivity index (χ0v) is 14.2. The van der Waals surface area contributed by atoms with Gasteiger partial charge in [0.25, 0.3) is 0 Å². The second-order valence-electron chi connectivity index (χ2n) is 4.48. The maximum Gasteiger partial charge on any atom is 0.233 e. The van der Waals surface area contributed by atoms with E-state index in [-0.39, 0.29) is 16.6 Å². The molecular formula is C15H14ClF2NOS2. The van der Waals surface area contributed by atoms with Crippen molar-refractivity contribution >= 4 is 40.6 Å². The lowest BCUT2D eigenvalue weighted by molar-refractivity contribution is -0.128. The molecule has 2 nitrogen and oxygen atoms in total. The van der Waals surface area contributed by atoms with Crippen LogP contribution in [-0.4, -0.2) is 23.1 Å². The molecule has 2 rings (SSSR count). The monoisotopic (exact) mass is 361 g/mol. The molecule has 0 fully saturated rings. The molecular weight excluding hydrogens is 348 g/mol. The highest BCUT2D eigenvalue weighted by Crippen LogP contribution is 2.25. The number of hydrogen-bond donors (Lipinski definition) is 0. The Morgan fingerprint density at radius 3 is 2.68 bits per heavy atom. The van der Waals surface area contributed by atoms with Crippen LogP contribution in [0.2, 0.25) is 4.34 Å². The standard InChI is InChI=1S/C15H14ClF2NOS2/c1-2-19(8-11-4-6-14(16)22-11)15(20)9-21-13-5-3-10(17)7-12(13)18/h3-7H,2,8-9H2,1H3. The molecule has 1 amide bonds. The van der Waals surface area contributed by atoms with Crippen LogP contribution < -0.4 is 0 Å². The molecule has 0 radical (unpaired) electrons. The first-order valence-corrected chi connectivity index (χ1v) is 8.77. The zero-order chi connectivity index (χ0) is 16.1. The molecule has 0 saturated heterocycles. The molecule has 0 bridgehead atoms. The van der Waals surface area contributed by atoms with Gasteiger partial charge >= 0.3 is 0 Å². The third kappa shape index (κ3) is 4.69. The maximum atomic E-state index is 13.5. The minimum absolute atomic E-state index is 0.0965. The van der Waals surface area contributed by atoms with Gasteiger partial charge in [0, 0.05) is 22.4 Å². The van der Waals surface area contributed by atoms with Crippen LogP contribution in [0.4, 0.5) is 8.78 Å². The highest BCUT2D eigenvalue weighted by Gasteiger charge is 2.15. The third-order valence-corrected chi connectivity index (χ3v) is 5.20. The van der Waals surface area contributed by atoms with Gasteiger partial charge in [-0.15, -0.1) is 23.1 Å². The fourth-order valence-corrected chi connectivity index (χ4v) is 3.75. The van der Waals surface area contributed by atoms with Gasteiger partial charge in [-0.25, -0.2) is 8.78 Å². The van der Waals surface area contributed by atoms with Crippen molar-refractivity contribution in [1.29, 1.82) is 0 Å². The minimum Gasteiger partial charge on any atom is -0.337 e. The smallest absolute Gasteiger partial charge is 0.233 e. The molecule has 0 N–H and O–H groups in total. The van der Waals surface area contributed by atoms with Crippen LogP contribution in [-0.2, 0) is 11.3 Å². The first-order chi connectivity index (χ1) is 10.5. The van der Waals surface area contributed by atoms with Crippen LogP contribution in [0.5, 0.6) is 0 Å². The van der Waals surface area contributed by atoms with Crippen molar-refractivity contribution in [3.63, 3.8) is 0 Å². The van der Waals surface area contributed by atoms with E-state index in [0.29, 0.717) is 17.4 Å². The van der Waals surface area contributed by atoms with E-state index in [0.717, 1.165) is 22.7 Å². The van der Waals surface area contributed by atoms with E-state index < -0.39 is 11.6 Å². The van der Waals surface area contributed by atoms with Crippen molar-refractivity contribution in [2.24, 2.45) is 0 Å². The predicted molar refractivity (Wildman–Crippen MR) is 87.5 cm³/mol. The highest BCUT2D eigenvalue weighted by molar-refractivity contribution is 8.00. The first-order valence-electron chi connectivity index (χ1n) is 6.59. The molecule has 22 heavy (non-hydrogen) atoms. The summed E-state index contributed by atoms with van der Waals surface area (Å²) in [5.41, 5.74) is 0. The number of rotatable bonds is 6. The normalized spacial score (nSPS) is 10.7. The molecule has 0 saturated carbocycles. The van der Waals surface area contributed by atoms with Gasteiger partial charge in [-0.1, -0.05) is 11.6 Å². The Kier molecular flexibility index (Phi) is 6.23. The van der Waals surface area contributed by atoms with E-state index in [4.69, 9.17) is 11.6 Å². The van der Waals surface area contributed by atoms with Gasteiger partial charge in [-0.2, -0.15) is 0 Å². The van der Waals surface area contributed by atoms with Crippen LogP contribution in [0.3, 0.4) is 0 Å². The molecule has 1 heterocycles.